The van der Waals surface area contributed by atoms with Gasteiger partial charge >= 0.3 is 0 Å². The number of piperidine rings is 1. The summed E-state index contributed by atoms with van der Waals surface area (Å²) >= 11 is 0. The maximum Gasteiger partial charge on any atom is 0.225 e. The van der Waals surface area contributed by atoms with Gasteiger partial charge in [-0.1, -0.05) is 0 Å². The summed E-state index contributed by atoms with van der Waals surface area (Å²) in [7, 11) is 0. The highest BCUT2D eigenvalue weighted by atomic mass is 16.5. The van der Waals surface area contributed by atoms with Crippen molar-refractivity contribution in [3.8, 4) is 0 Å². The van der Waals surface area contributed by atoms with Gasteiger partial charge in [-0.05, 0) is 32.6 Å². The second kappa shape index (κ2) is 4.25. The molecule has 1 saturated carbocycles. The highest BCUT2D eigenvalue weighted by Gasteiger charge is 2.42. The number of rotatable bonds is 1. The Morgan fingerprint density at radius 1 is 1.35 bits per heavy atom. The maximum absolute atomic E-state index is 12.0. The molecule has 4 heteroatoms. The standard InChI is InChI=1S/C13H22N2O2/c1-10-8-14-9-13(17-10)4-6-15(7-5-13)12(16)11-2-3-11/h10-11,14H,2-9H2,1H3. The monoisotopic (exact) mass is 238 g/mol. The Bertz CT molecular complexity index is 307. The molecule has 0 aromatic rings. The summed E-state index contributed by atoms with van der Waals surface area (Å²) in [4.78, 5) is 14.0. The van der Waals surface area contributed by atoms with Gasteiger partial charge in [-0.3, -0.25) is 4.79 Å². The summed E-state index contributed by atoms with van der Waals surface area (Å²) in [5.41, 5.74) is -0.00199. The van der Waals surface area contributed by atoms with Crippen LogP contribution >= 0.6 is 0 Å². The van der Waals surface area contributed by atoms with Crippen LogP contribution in [0.3, 0.4) is 0 Å². The van der Waals surface area contributed by atoms with Crippen molar-refractivity contribution in [1.29, 1.82) is 0 Å². The first-order valence-corrected chi connectivity index (χ1v) is 6.86. The molecule has 17 heavy (non-hydrogen) atoms. The molecule has 1 unspecified atom stereocenters. The van der Waals surface area contributed by atoms with Crippen molar-refractivity contribution in [2.75, 3.05) is 26.2 Å². The first-order valence-electron chi connectivity index (χ1n) is 6.86. The molecule has 96 valence electrons. The lowest BCUT2D eigenvalue weighted by Gasteiger charge is -2.46. The van der Waals surface area contributed by atoms with Crippen LogP contribution in [0.1, 0.15) is 32.6 Å². The van der Waals surface area contributed by atoms with Crippen LogP contribution in [0.4, 0.5) is 0 Å². The fourth-order valence-electron chi connectivity index (χ4n) is 3.03. The van der Waals surface area contributed by atoms with Crippen LogP contribution in [0.25, 0.3) is 0 Å². The van der Waals surface area contributed by atoms with Gasteiger partial charge in [0.1, 0.15) is 0 Å². The van der Waals surface area contributed by atoms with Gasteiger partial charge in [0.2, 0.25) is 5.91 Å². The first kappa shape index (κ1) is 11.5. The number of morpholine rings is 1. The number of hydrogen-bond donors (Lipinski definition) is 1. The van der Waals surface area contributed by atoms with Gasteiger partial charge in [0.05, 0.1) is 11.7 Å². The number of carbonyl (C=O) groups excluding carboxylic acids is 1. The van der Waals surface area contributed by atoms with Crippen molar-refractivity contribution in [2.24, 2.45) is 5.92 Å². The molecular weight excluding hydrogens is 216 g/mol. The van der Waals surface area contributed by atoms with Gasteiger partial charge in [0.15, 0.2) is 0 Å². The summed E-state index contributed by atoms with van der Waals surface area (Å²) in [5.74, 6) is 0.741. The van der Waals surface area contributed by atoms with Gasteiger partial charge in [-0.2, -0.15) is 0 Å². The minimum atomic E-state index is -0.00199. The third-order valence-corrected chi connectivity index (χ3v) is 4.24. The molecule has 2 aliphatic heterocycles. The van der Waals surface area contributed by atoms with Crippen LogP contribution < -0.4 is 5.32 Å². The van der Waals surface area contributed by atoms with Crippen LogP contribution in [0.15, 0.2) is 0 Å². The Labute approximate surface area is 103 Å². The summed E-state index contributed by atoms with van der Waals surface area (Å²) in [6.07, 6.45) is 4.49. The molecule has 2 heterocycles. The van der Waals surface area contributed by atoms with E-state index in [1.165, 1.54) is 0 Å². The molecule has 2 saturated heterocycles. The van der Waals surface area contributed by atoms with E-state index in [9.17, 15) is 4.79 Å². The summed E-state index contributed by atoms with van der Waals surface area (Å²) < 4.78 is 6.12. The largest absolute Gasteiger partial charge is 0.369 e. The van der Waals surface area contributed by atoms with E-state index in [2.05, 4.69) is 12.2 Å². The molecule has 1 spiro atoms. The Kier molecular flexibility index (Phi) is 2.87. The summed E-state index contributed by atoms with van der Waals surface area (Å²) in [6, 6.07) is 0. The Morgan fingerprint density at radius 2 is 2.06 bits per heavy atom. The molecule has 3 fully saturated rings. The van der Waals surface area contributed by atoms with E-state index in [0.717, 1.165) is 51.9 Å². The maximum atomic E-state index is 12.0. The molecule has 0 radical (unpaired) electrons. The number of hydrogen-bond acceptors (Lipinski definition) is 3. The van der Waals surface area contributed by atoms with Gasteiger partial charge in [-0.15, -0.1) is 0 Å². The molecular formula is C13H22N2O2. The minimum absolute atomic E-state index is 0.00199. The van der Waals surface area contributed by atoms with Crippen molar-refractivity contribution >= 4 is 5.91 Å². The molecule has 0 aromatic heterocycles. The zero-order valence-corrected chi connectivity index (χ0v) is 10.6. The molecule has 0 aromatic carbocycles. The molecule has 3 rings (SSSR count). The Balaban J connectivity index is 1.57. The average molecular weight is 238 g/mol. The molecule has 0 bridgehead atoms. The Morgan fingerprint density at radius 3 is 2.65 bits per heavy atom. The lowest BCUT2D eigenvalue weighted by Crippen LogP contribution is -2.58. The number of nitrogens with zero attached hydrogens (tertiary/aromatic N) is 1. The number of ether oxygens (including phenoxy) is 1. The number of carbonyl (C=O) groups is 1. The minimum Gasteiger partial charge on any atom is -0.369 e. The van der Waals surface area contributed by atoms with Gasteiger partial charge < -0.3 is 15.0 Å². The van der Waals surface area contributed by atoms with E-state index >= 15 is 0 Å². The SMILES string of the molecule is CC1CNCC2(CCN(C(=O)C3CC3)CC2)O1. The van der Waals surface area contributed by atoms with Crippen LogP contribution in [0, 0.1) is 5.92 Å². The molecule has 1 atom stereocenters. The van der Waals surface area contributed by atoms with Crippen molar-refractivity contribution in [3.63, 3.8) is 0 Å². The number of nitrogens with one attached hydrogen (secondary N) is 1. The lowest BCUT2D eigenvalue weighted by atomic mass is 9.89. The second-order valence-corrected chi connectivity index (χ2v) is 5.84. The number of amides is 1. The van der Waals surface area contributed by atoms with Crippen molar-refractivity contribution < 1.29 is 9.53 Å². The second-order valence-electron chi connectivity index (χ2n) is 5.84. The van der Waals surface area contributed by atoms with Crippen molar-refractivity contribution in [3.05, 3.63) is 0 Å². The smallest absolute Gasteiger partial charge is 0.225 e. The summed E-state index contributed by atoms with van der Waals surface area (Å²) in [6.45, 7) is 5.78. The zero-order chi connectivity index (χ0) is 11.9. The first-order chi connectivity index (χ1) is 8.19. The predicted molar refractivity (Wildman–Crippen MR) is 64.7 cm³/mol. The van der Waals surface area contributed by atoms with Crippen LogP contribution in [-0.2, 0) is 9.53 Å². The van der Waals surface area contributed by atoms with Gasteiger partial charge in [0.25, 0.3) is 0 Å². The van der Waals surface area contributed by atoms with E-state index in [1.807, 2.05) is 4.90 Å². The zero-order valence-electron chi connectivity index (χ0n) is 10.6. The van der Waals surface area contributed by atoms with E-state index in [4.69, 9.17) is 4.74 Å². The fraction of sp³-hybridized carbons (Fsp3) is 0.923. The quantitative estimate of drug-likeness (QED) is 0.733. The average Bonchev–Trinajstić information content (AvgIpc) is 3.13. The topological polar surface area (TPSA) is 41.6 Å². The van der Waals surface area contributed by atoms with Crippen molar-refractivity contribution in [1.82, 2.24) is 10.2 Å². The molecule has 1 amide bonds. The molecule has 1 aliphatic carbocycles. The lowest BCUT2D eigenvalue weighted by molar-refractivity contribution is -0.151. The highest BCUT2D eigenvalue weighted by Crippen LogP contribution is 2.34. The normalized spacial score (nSPS) is 32.8. The van der Waals surface area contributed by atoms with Crippen LogP contribution in [-0.4, -0.2) is 48.7 Å². The van der Waals surface area contributed by atoms with E-state index in [1.54, 1.807) is 0 Å². The fourth-order valence-corrected chi connectivity index (χ4v) is 3.03. The van der Waals surface area contributed by atoms with Crippen molar-refractivity contribution in [2.45, 2.75) is 44.3 Å². The van der Waals surface area contributed by atoms with Gasteiger partial charge in [0, 0.05) is 32.1 Å². The van der Waals surface area contributed by atoms with E-state index in [0.29, 0.717) is 17.9 Å². The van der Waals surface area contributed by atoms with E-state index < -0.39 is 0 Å². The molecule has 1 N–H and O–H groups in total. The molecule has 3 aliphatic rings. The molecule has 4 nitrogen and oxygen atoms in total. The number of likely N-dealkylation sites (tertiary alicyclic amines) is 1. The van der Waals surface area contributed by atoms with E-state index in [-0.39, 0.29) is 5.60 Å². The Hall–Kier alpha value is -0.610. The van der Waals surface area contributed by atoms with Gasteiger partial charge in [-0.25, -0.2) is 0 Å². The summed E-state index contributed by atoms with van der Waals surface area (Å²) in [5, 5.41) is 3.45. The highest BCUT2D eigenvalue weighted by molar-refractivity contribution is 5.81. The van der Waals surface area contributed by atoms with Crippen LogP contribution in [0.5, 0.6) is 0 Å². The predicted octanol–water partition coefficient (Wildman–Crippen LogP) is 0.766. The van der Waals surface area contributed by atoms with Crippen LogP contribution in [0.2, 0.25) is 0 Å². The third-order valence-electron chi connectivity index (χ3n) is 4.24. The third kappa shape index (κ3) is 2.33.